The van der Waals surface area contributed by atoms with Crippen molar-refractivity contribution in [1.82, 2.24) is 4.98 Å². The second-order valence-electron chi connectivity index (χ2n) is 3.30. The first-order chi connectivity index (χ1) is 7.66. The molecule has 0 bridgehead atoms. The minimum absolute atomic E-state index is 0.339. The summed E-state index contributed by atoms with van der Waals surface area (Å²) >= 11 is 0. The highest BCUT2D eigenvalue weighted by Gasteiger charge is 2.00. The first-order valence-electron chi connectivity index (χ1n) is 4.68. The second-order valence-corrected chi connectivity index (χ2v) is 3.30. The van der Waals surface area contributed by atoms with E-state index in [4.69, 9.17) is 5.73 Å². The van der Waals surface area contributed by atoms with Gasteiger partial charge >= 0.3 is 0 Å². The second kappa shape index (κ2) is 4.10. The third-order valence-electron chi connectivity index (χ3n) is 2.16. The normalized spacial score (nSPS) is 11.1. The summed E-state index contributed by atoms with van der Waals surface area (Å²) in [5.41, 5.74) is 6.38. The molecule has 2 aromatic rings. The van der Waals surface area contributed by atoms with Gasteiger partial charge in [0.15, 0.2) is 0 Å². The van der Waals surface area contributed by atoms with E-state index in [0.717, 1.165) is 0 Å². The number of benzene rings is 1. The lowest BCUT2D eigenvalue weighted by Gasteiger charge is -2.01. The molecule has 2 rings (SSSR count). The van der Waals surface area contributed by atoms with Gasteiger partial charge in [0.25, 0.3) is 0 Å². The van der Waals surface area contributed by atoms with E-state index < -0.39 is 5.91 Å². The highest BCUT2D eigenvalue weighted by atomic mass is 19.1. The highest BCUT2D eigenvalue weighted by Crippen LogP contribution is 2.18. The summed E-state index contributed by atoms with van der Waals surface area (Å²) in [5, 5.41) is 0.653. The minimum atomic E-state index is -0.540. The number of rotatable bonds is 2. The van der Waals surface area contributed by atoms with E-state index in [2.05, 4.69) is 4.98 Å². The maximum absolute atomic E-state index is 13.1. The lowest BCUT2D eigenvalue weighted by molar-refractivity contribution is -0.113. The van der Waals surface area contributed by atoms with Gasteiger partial charge in [-0.2, -0.15) is 0 Å². The van der Waals surface area contributed by atoms with Crippen molar-refractivity contribution in [2.45, 2.75) is 0 Å². The molecule has 0 aliphatic carbocycles. The smallest absolute Gasteiger partial charge is 0.241 e. The van der Waals surface area contributed by atoms with Gasteiger partial charge in [-0.3, -0.25) is 9.78 Å². The van der Waals surface area contributed by atoms with Crippen molar-refractivity contribution in [3.8, 4) is 0 Å². The van der Waals surface area contributed by atoms with Gasteiger partial charge in [-0.1, -0.05) is 0 Å². The summed E-state index contributed by atoms with van der Waals surface area (Å²) in [4.78, 5) is 14.7. The molecule has 0 fully saturated rings. The molecule has 16 heavy (non-hydrogen) atoms. The van der Waals surface area contributed by atoms with Gasteiger partial charge in [0.1, 0.15) is 5.82 Å². The number of hydrogen-bond acceptors (Lipinski definition) is 2. The predicted octanol–water partition coefficient (Wildman–Crippen LogP) is 1.87. The molecule has 0 radical (unpaired) electrons. The minimum Gasteiger partial charge on any atom is -0.366 e. The van der Waals surface area contributed by atoms with E-state index in [1.165, 1.54) is 18.2 Å². The molecule has 0 aliphatic heterocycles. The van der Waals surface area contributed by atoms with Crippen LogP contribution < -0.4 is 5.73 Å². The molecule has 2 N–H and O–H groups in total. The monoisotopic (exact) mass is 216 g/mol. The molecular formula is C12H9FN2O. The molecule has 0 saturated heterocycles. The van der Waals surface area contributed by atoms with Crippen molar-refractivity contribution >= 4 is 22.9 Å². The van der Waals surface area contributed by atoms with Crippen molar-refractivity contribution in [3.63, 3.8) is 0 Å². The van der Waals surface area contributed by atoms with Gasteiger partial charge in [0.05, 0.1) is 5.52 Å². The lowest BCUT2D eigenvalue weighted by atomic mass is 10.1. The molecule has 0 unspecified atom stereocenters. The quantitative estimate of drug-likeness (QED) is 0.779. The summed E-state index contributed by atoms with van der Waals surface area (Å²) in [6, 6.07) is 6.01. The van der Waals surface area contributed by atoms with E-state index in [1.54, 1.807) is 24.4 Å². The number of carbonyl (C=O) groups is 1. The van der Waals surface area contributed by atoms with Gasteiger partial charge in [0.2, 0.25) is 5.91 Å². The van der Waals surface area contributed by atoms with Crippen LogP contribution in [0.3, 0.4) is 0 Å². The number of nitrogens with zero attached hydrogens (tertiary/aromatic N) is 1. The summed E-state index contributed by atoms with van der Waals surface area (Å²) in [7, 11) is 0. The van der Waals surface area contributed by atoms with Crippen LogP contribution in [-0.4, -0.2) is 10.9 Å². The molecule has 1 aromatic carbocycles. The zero-order chi connectivity index (χ0) is 11.5. The van der Waals surface area contributed by atoms with E-state index in [-0.39, 0.29) is 5.82 Å². The number of primary amides is 1. The molecule has 1 amide bonds. The Labute approximate surface area is 91.4 Å². The zero-order valence-corrected chi connectivity index (χ0v) is 8.35. The van der Waals surface area contributed by atoms with Crippen LogP contribution in [0.2, 0.25) is 0 Å². The van der Waals surface area contributed by atoms with E-state index in [0.29, 0.717) is 16.5 Å². The van der Waals surface area contributed by atoms with Crippen molar-refractivity contribution in [3.05, 3.63) is 47.9 Å². The maximum Gasteiger partial charge on any atom is 0.241 e. The highest BCUT2D eigenvalue weighted by molar-refractivity contribution is 5.94. The summed E-state index contributed by atoms with van der Waals surface area (Å²) in [5.74, 6) is -0.879. The number of fused-ring (bicyclic) bond motifs is 1. The van der Waals surface area contributed by atoms with Gasteiger partial charge in [0, 0.05) is 17.7 Å². The molecular weight excluding hydrogens is 207 g/mol. The zero-order valence-electron chi connectivity index (χ0n) is 8.35. The number of nitrogens with two attached hydrogens (primary N) is 1. The van der Waals surface area contributed by atoms with E-state index in [9.17, 15) is 9.18 Å². The summed E-state index contributed by atoms with van der Waals surface area (Å²) < 4.78 is 13.1. The van der Waals surface area contributed by atoms with E-state index >= 15 is 0 Å². The van der Waals surface area contributed by atoms with Crippen molar-refractivity contribution in [1.29, 1.82) is 0 Å². The largest absolute Gasteiger partial charge is 0.366 e. The number of pyridine rings is 1. The van der Waals surface area contributed by atoms with Gasteiger partial charge < -0.3 is 5.73 Å². The molecule has 1 aromatic heterocycles. The van der Waals surface area contributed by atoms with Crippen LogP contribution in [0.5, 0.6) is 0 Å². The molecule has 80 valence electrons. The van der Waals surface area contributed by atoms with Crippen molar-refractivity contribution in [2.24, 2.45) is 5.73 Å². The number of amides is 1. The average Bonchev–Trinajstić information content (AvgIpc) is 2.26. The fraction of sp³-hybridized carbons (Fsp3) is 0. The Bertz CT molecular complexity index is 578. The van der Waals surface area contributed by atoms with Crippen molar-refractivity contribution in [2.75, 3.05) is 0 Å². The third kappa shape index (κ3) is 2.06. The molecule has 0 spiro atoms. The van der Waals surface area contributed by atoms with Crippen molar-refractivity contribution < 1.29 is 9.18 Å². The third-order valence-corrected chi connectivity index (χ3v) is 2.16. The fourth-order valence-electron chi connectivity index (χ4n) is 1.46. The lowest BCUT2D eigenvalue weighted by Crippen LogP contribution is -2.05. The Balaban J connectivity index is 2.60. The van der Waals surface area contributed by atoms with Gasteiger partial charge in [-0.05, 0) is 35.9 Å². The fourth-order valence-corrected chi connectivity index (χ4v) is 1.46. The molecule has 0 saturated carbocycles. The van der Waals surface area contributed by atoms with Crippen LogP contribution in [0.4, 0.5) is 4.39 Å². The Kier molecular flexibility index (Phi) is 2.64. The number of aromatic nitrogens is 1. The average molecular weight is 216 g/mol. The molecule has 1 heterocycles. The number of halogens is 1. The van der Waals surface area contributed by atoms with E-state index in [1.807, 2.05) is 0 Å². The molecule has 0 aliphatic rings. The first kappa shape index (κ1) is 10.3. The van der Waals surface area contributed by atoms with Crippen LogP contribution in [0.1, 0.15) is 5.56 Å². The van der Waals surface area contributed by atoms with Crippen LogP contribution in [-0.2, 0) is 4.79 Å². The van der Waals surface area contributed by atoms with Gasteiger partial charge in [-0.25, -0.2) is 4.39 Å². The molecule has 0 atom stereocenters. The standard InChI is InChI=1S/C12H9FN2O/c13-9-2-3-11-10(7-9)8(5-6-15-11)1-4-12(14)16/h1-7H,(H2,14,16). The van der Waals surface area contributed by atoms with Crippen LogP contribution in [0, 0.1) is 5.82 Å². The van der Waals surface area contributed by atoms with Crippen LogP contribution in [0.25, 0.3) is 17.0 Å². The number of hydrogen-bond donors (Lipinski definition) is 1. The van der Waals surface area contributed by atoms with Gasteiger partial charge in [-0.15, -0.1) is 0 Å². The van der Waals surface area contributed by atoms with Crippen LogP contribution in [0.15, 0.2) is 36.5 Å². The molecule has 4 heteroatoms. The Hall–Kier alpha value is -2.23. The Morgan fingerprint density at radius 3 is 2.94 bits per heavy atom. The Morgan fingerprint density at radius 1 is 1.38 bits per heavy atom. The number of carbonyl (C=O) groups excluding carboxylic acids is 1. The SMILES string of the molecule is NC(=O)C=Cc1ccnc2ccc(F)cc12. The summed E-state index contributed by atoms with van der Waals surface area (Å²) in [6.07, 6.45) is 4.38. The summed E-state index contributed by atoms with van der Waals surface area (Å²) in [6.45, 7) is 0. The topological polar surface area (TPSA) is 56.0 Å². The Morgan fingerprint density at radius 2 is 2.19 bits per heavy atom. The molecule has 3 nitrogen and oxygen atoms in total. The maximum atomic E-state index is 13.1. The first-order valence-corrected chi connectivity index (χ1v) is 4.68. The van der Waals surface area contributed by atoms with Crippen LogP contribution >= 0.6 is 0 Å². The predicted molar refractivity (Wildman–Crippen MR) is 59.9 cm³/mol.